The molecule has 0 aliphatic carbocycles. The molecule has 2 atom stereocenters. The zero-order valence-electron chi connectivity index (χ0n) is 11.5. The molecule has 2 aliphatic heterocycles. The van der Waals surface area contributed by atoms with Gasteiger partial charge in [-0.15, -0.1) is 0 Å². The van der Waals surface area contributed by atoms with Crippen LogP contribution in [-0.4, -0.2) is 43.2 Å². The molecule has 1 saturated heterocycles. The molecule has 1 aromatic carbocycles. The van der Waals surface area contributed by atoms with Crippen molar-refractivity contribution in [3.63, 3.8) is 0 Å². The zero-order valence-corrected chi connectivity index (χ0v) is 12.2. The molecule has 0 N–H and O–H groups in total. The van der Waals surface area contributed by atoms with Gasteiger partial charge in [0.1, 0.15) is 17.9 Å². The first-order valence-electron chi connectivity index (χ1n) is 6.94. The van der Waals surface area contributed by atoms with Gasteiger partial charge in [-0.1, -0.05) is 11.6 Å². The van der Waals surface area contributed by atoms with E-state index in [-0.39, 0.29) is 18.1 Å². The Labute approximate surface area is 123 Å². The summed E-state index contributed by atoms with van der Waals surface area (Å²) >= 11 is 6.00. The van der Waals surface area contributed by atoms with E-state index in [4.69, 9.17) is 21.1 Å². The molecule has 4 nitrogen and oxygen atoms in total. The normalized spacial score (nSPS) is 25.3. The second-order valence-electron chi connectivity index (χ2n) is 5.37. The minimum Gasteiger partial charge on any atom is -0.488 e. The Morgan fingerprint density at radius 3 is 3.20 bits per heavy atom. The highest BCUT2D eigenvalue weighted by molar-refractivity contribution is 6.30. The summed E-state index contributed by atoms with van der Waals surface area (Å²) < 4.78 is 10.8. The van der Waals surface area contributed by atoms with Crippen LogP contribution in [0.3, 0.4) is 0 Å². The number of carbonyl (C=O) groups excluding carboxylic acids is 1. The third kappa shape index (κ3) is 2.63. The van der Waals surface area contributed by atoms with E-state index in [2.05, 4.69) is 4.90 Å². The van der Waals surface area contributed by atoms with Gasteiger partial charge in [0.25, 0.3) is 0 Å². The van der Waals surface area contributed by atoms with Gasteiger partial charge in [0.15, 0.2) is 0 Å². The lowest BCUT2D eigenvalue weighted by Gasteiger charge is -2.25. The fraction of sp³-hybridized carbons (Fsp3) is 0.533. The van der Waals surface area contributed by atoms with Gasteiger partial charge in [-0.05, 0) is 43.1 Å². The molecule has 0 amide bonds. The Morgan fingerprint density at radius 1 is 1.55 bits per heavy atom. The summed E-state index contributed by atoms with van der Waals surface area (Å²) in [6.07, 6.45) is 2.85. The van der Waals surface area contributed by atoms with Crippen molar-refractivity contribution in [3.05, 3.63) is 28.8 Å². The van der Waals surface area contributed by atoms with Crippen LogP contribution in [0.5, 0.6) is 5.75 Å². The van der Waals surface area contributed by atoms with Gasteiger partial charge in [-0.25, -0.2) is 0 Å². The van der Waals surface area contributed by atoms with Crippen molar-refractivity contribution in [3.8, 4) is 5.75 Å². The molecule has 2 heterocycles. The van der Waals surface area contributed by atoms with Crippen LogP contribution in [0.1, 0.15) is 18.4 Å². The van der Waals surface area contributed by atoms with E-state index in [9.17, 15) is 4.79 Å². The fourth-order valence-electron chi connectivity index (χ4n) is 3.10. The number of esters is 1. The van der Waals surface area contributed by atoms with Gasteiger partial charge in [-0.3, -0.25) is 9.69 Å². The molecule has 2 unspecified atom stereocenters. The number of rotatable bonds is 3. The van der Waals surface area contributed by atoms with E-state index in [0.717, 1.165) is 48.7 Å². The monoisotopic (exact) mass is 295 g/mol. The lowest BCUT2D eigenvalue weighted by atomic mass is 10.1. The van der Waals surface area contributed by atoms with E-state index in [1.165, 1.54) is 7.11 Å². The van der Waals surface area contributed by atoms with Gasteiger partial charge in [0, 0.05) is 18.0 Å². The number of hydrogen-bond donors (Lipinski definition) is 0. The molecule has 5 heteroatoms. The third-order valence-electron chi connectivity index (χ3n) is 4.04. The quantitative estimate of drug-likeness (QED) is 0.802. The SMILES string of the molecule is COC(=O)C1CCCN1CC1Cc2cc(Cl)ccc2O1. The van der Waals surface area contributed by atoms with Crippen LogP contribution in [0, 0.1) is 0 Å². The Kier molecular flexibility index (Phi) is 3.85. The van der Waals surface area contributed by atoms with E-state index in [1.807, 2.05) is 18.2 Å². The molecule has 0 bridgehead atoms. The molecule has 1 aromatic rings. The van der Waals surface area contributed by atoms with E-state index in [1.54, 1.807) is 0 Å². The van der Waals surface area contributed by atoms with Crippen molar-refractivity contribution in [1.29, 1.82) is 0 Å². The molecule has 108 valence electrons. The van der Waals surface area contributed by atoms with Crippen LogP contribution in [-0.2, 0) is 16.0 Å². The van der Waals surface area contributed by atoms with Crippen molar-refractivity contribution in [2.75, 3.05) is 20.2 Å². The topological polar surface area (TPSA) is 38.8 Å². The maximum atomic E-state index is 11.7. The molecular formula is C15H18ClNO3. The van der Waals surface area contributed by atoms with Gasteiger partial charge in [0.2, 0.25) is 0 Å². The summed E-state index contributed by atoms with van der Waals surface area (Å²) in [5.74, 6) is 0.772. The van der Waals surface area contributed by atoms with Crippen molar-refractivity contribution in [2.45, 2.75) is 31.4 Å². The fourth-order valence-corrected chi connectivity index (χ4v) is 3.29. The second-order valence-corrected chi connectivity index (χ2v) is 5.81. The minimum absolute atomic E-state index is 0.0914. The van der Waals surface area contributed by atoms with E-state index < -0.39 is 0 Å². The largest absolute Gasteiger partial charge is 0.488 e. The summed E-state index contributed by atoms with van der Waals surface area (Å²) in [6.45, 7) is 1.68. The lowest BCUT2D eigenvalue weighted by Crippen LogP contribution is -2.42. The van der Waals surface area contributed by atoms with Crippen LogP contribution in [0.15, 0.2) is 18.2 Å². The molecule has 0 spiro atoms. The molecule has 1 fully saturated rings. The molecule has 3 rings (SSSR count). The van der Waals surface area contributed by atoms with Crippen molar-refractivity contribution in [1.82, 2.24) is 4.90 Å². The van der Waals surface area contributed by atoms with Crippen molar-refractivity contribution in [2.24, 2.45) is 0 Å². The second kappa shape index (κ2) is 5.62. The highest BCUT2D eigenvalue weighted by Gasteiger charge is 2.35. The number of nitrogens with zero attached hydrogens (tertiary/aromatic N) is 1. The highest BCUT2D eigenvalue weighted by Crippen LogP contribution is 2.32. The molecule has 0 saturated carbocycles. The Morgan fingerprint density at radius 2 is 2.40 bits per heavy atom. The number of fused-ring (bicyclic) bond motifs is 1. The Bertz CT molecular complexity index is 520. The third-order valence-corrected chi connectivity index (χ3v) is 4.27. The minimum atomic E-state index is -0.138. The van der Waals surface area contributed by atoms with Crippen LogP contribution < -0.4 is 4.74 Å². The summed E-state index contributed by atoms with van der Waals surface area (Å²) in [4.78, 5) is 13.9. The average molecular weight is 296 g/mol. The standard InChI is InChI=1S/C15H18ClNO3/c1-19-15(18)13-3-2-6-17(13)9-12-8-10-7-11(16)4-5-14(10)20-12/h4-5,7,12-13H,2-3,6,8-9H2,1H3. The van der Waals surface area contributed by atoms with Crippen molar-refractivity contribution >= 4 is 17.6 Å². The number of likely N-dealkylation sites (tertiary alicyclic amines) is 1. The van der Waals surface area contributed by atoms with Gasteiger partial charge in [-0.2, -0.15) is 0 Å². The molecule has 0 radical (unpaired) electrons. The molecule has 0 aromatic heterocycles. The van der Waals surface area contributed by atoms with Crippen molar-refractivity contribution < 1.29 is 14.3 Å². The number of benzene rings is 1. The summed E-state index contributed by atoms with van der Waals surface area (Å²) in [7, 11) is 1.45. The number of halogens is 1. The first-order chi connectivity index (χ1) is 9.67. The number of methoxy groups -OCH3 is 1. The Balaban J connectivity index is 1.64. The van der Waals surface area contributed by atoms with Gasteiger partial charge in [0.05, 0.1) is 7.11 Å². The summed E-state index contributed by atoms with van der Waals surface area (Å²) in [6, 6.07) is 5.60. The maximum Gasteiger partial charge on any atom is 0.323 e. The first-order valence-corrected chi connectivity index (χ1v) is 7.32. The predicted molar refractivity (Wildman–Crippen MR) is 76.2 cm³/mol. The van der Waals surface area contributed by atoms with Crippen LogP contribution in [0.2, 0.25) is 5.02 Å². The first kappa shape index (κ1) is 13.7. The van der Waals surface area contributed by atoms with Crippen LogP contribution >= 0.6 is 11.6 Å². The number of hydrogen-bond acceptors (Lipinski definition) is 4. The molecule has 20 heavy (non-hydrogen) atoms. The van der Waals surface area contributed by atoms with Crippen LogP contribution in [0.4, 0.5) is 0 Å². The van der Waals surface area contributed by atoms with Crippen LogP contribution in [0.25, 0.3) is 0 Å². The summed E-state index contributed by atoms with van der Waals surface area (Å²) in [5, 5.41) is 0.738. The number of carbonyl (C=O) groups is 1. The van der Waals surface area contributed by atoms with Gasteiger partial charge >= 0.3 is 5.97 Å². The smallest absolute Gasteiger partial charge is 0.323 e. The summed E-state index contributed by atoms with van der Waals surface area (Å²) in [5.41, 5.74) is 1.15. The average Bonchev–Trinajstić information content (AvgIpc) is 3.04. The Hall–Kier alpha value is -1.26. The predicted octanol–water partition coefficient (Wildman–Crippen LogP) is 2.28. The molecule has 2 aliphatic rings. The maximum absolute atomic E-state index is 11.7. The highest BCUT2D eigenvalue weighted by atomic mass is 35.5. The van der Waals surface area contributed by atoms with E-state index >= 15 is 0 Å². The number of ether oxygens (including phenoxy) is 2. The zero-order chi connectivity index (χ0) is 14.1. The lowest BCUT2D eigenvalue weighted by molar-refractivity contribution is -0.146. The van der Waals surface area contributed by atoms with E-state index in [0.29, 0.717) is 0 Å². The van der Waals surface area contributed by atoms with Gasteiger partial charge < -0.3 is 9.47 Å². The molecular weight excluding hydrogens is 278 g/mol.